The highest BCUT2D eigenvalue weighted by atomic mass is 16.5. The number of nitrogens with one attached hydrogen (secondary N) is 2. The lowest BCUT2D eigenvalue weighted by atomic mass is 10.1. The van der Waals surface area contributed by atoms with Crippen LogP contribution < -0.4 is 5.32 Å². The number of aryl methyl sites for hydroxylation is 2. The van der Waals surface area contributed by atoms with Gasteiger partial charge in [-0.1, -0.05) is 0 Å². The van der Waals surface area contributed by atoms with Crippen molar-refractivity contribution in [3.63, 3.8) is 0 Å². The number of aromatic amines is 1. The number of hydrogen-bond donors (Lipinski definition) is 2. The molecule has 2 aliphatic rings. The Kier molecular flexibility index (Phi) is 4.07. The van der Waals surface area contributed by atoms with E-state index in [1.165, 1.54) is 12.8 Å². The summed E-state index contributed by atoms with van der Waals surface area (Å²) in [6.45, 7) is 4.25. The number of carbonyl (C=O) groups is 1. The fourth-order valence-electron chi connectivity index (χ4n) is 3.41. The Morgan fingerprint density at radius 3 is 2.80 bits per heavy atom. The Hall–Kier alpha value is -2.22. The lowest BCUT2D eigenvalue weighted by Gasteiger charge is -2.13. The largest absolute Gasteiger partial charge is 0.365 e. The number of amides is 1. The molecule has 1 saturated carbocycles. The first-order valence-electron chi connectivity index (χ1n) is 8.89. The molecular formula is C17H24N6O2. The summed E-state index contributed by atoms with van der Waals surface area (Å²) < 4.78 is 7.77. The number of hydrogen-bond acceptors (Lipinski definition) is 5. The van der Waals surface area contributed by atoms with E-state index in [0.29, 0.717) is 18.0 Å². The van der Waals surface area contributed by atoms with E-state index in [9.17, 15) is 4.79 Å². The van der Waals surface area contributed by atoms with Crippen LogP contribution in [0, 0.1) is 13.8 Å². The lowest BCUT2D eigenvalue weighted by Crippen LogP contribution is -2.32. The number of rotatable bonds is 5. The summed E-state index contributed by atoms with van der Waals surface area (Å²) in [7, 11) is 1.84. The minimum Gasteiger partial charge on any atom is -0.365 e. The van der Waals surface area contributed by atoms with Gasteiger partial charge in [0.1, 0.15) is 6.10 Å². The van der Waals surface area contributed by atoms with Crippen LogP contribution in [-0.4, -0.2) is 43.5 Å². The topological polar surface area (TPSA) is 97.7 Å². The van der Waals surface area contributed by atoms with Crippen molar-refractivity contribution >= 4 is 5.91 Å². The summed E-state index contributed by atoms with van der Waals surface area (Å²) in [5.74, 6) is 2.17. The molecule has 1 aliphatic carbocycles. The number of ether oxygens (including phenoxy) is 1. The van der Waals surface area contributed by atoms with Crippen molar-refractivity contribution in [3.05, 3.63) is 28.6 Å². The molecule has 2 atom stereocenters. The molecule has 8 heteroatoms. The Balaban J connectivity index is 1.32. The van der Waals surface area contributed by atoms with Gasteiger partial charge in [-0.15, -0.1) is 0 Å². The maximum Gasteiger partial charge on any atom is 0.255 e. The Morgan fingerprint density at radius 1 is 1.32 bits per heavy atom. The predicted molar refractivity (Wildman–Crippen MR) is 90.2 cm³/mol. The fourth-order valence-corrected chi connectivity index (χ4v) is 3.41. The quantitative estimate of drug-likeness (QED) is 0.860. The van der Waals surface area contributed by atoms with Gasteiger partial charge in [0.15, 0.2) is 11.6 Å². The van der Waals surface area contributed by atoms with Gasteiger partial charge in [-0.25, -0.2) is 4.98 Å². The molecule has 0 bridgehead atoms. The number of H-pyrrole nitrogens is 1. The van der Waals surface area contributed by atoms with E-state index in [1.54, 1.807) is 4.68 Å². The Labute approximate surface area is 146 Å². The molecule has 3 heterocycles. The molecule has 2 fully saturated rings. The summed E-state index contributed by atoms with van der Waals surface area (Å²) in [4.78, 5) is 17.0. The van der Waals surface area contributed by atoms with E-state index in [0.717, 1.165) is 35.9 Å². The zero-order chi connectivity index (χ0) is 17.6. The number of nitrogens with zero attached hydrogens (tertiary/aromatic N) is 4. The maximum atomic E-state index is 12.4. The Bertz CT molecular complexity index is 791. The van der Waals surface area contributed by atoms with E-state index in [4.69, 9.17) is 4.74 Å². The molecule has 2 aromatic heterocycles. The minimum absolute atomic E-state index is 0.000656. The third-order valence-corrected chi connectivity index (χ3v) is 5.10. The second-order valence-corrected chi connectivity index (χ2v) is 7.06. The van der Waals surface area contributed by atoms with Gasteiger partial charge in [0.2, 0.25) is 0 Å². The molecule has 2 N–H and O–H groups in total. The molecule has 8 nitrogen and oxygen atoms in total. The van der Waals surface area contributed by atoms with Gasteiger partial charge in [-0.3, -0.25) is 14.6 Å². The van der Waals surface area contributed by atoms with Gasteiger partial charge in [-0.05, 0) is 39.5 Å². The average Bonchev–Trinajstić information content (AvgIpc) is 3.03. The van der Waals surface area contributed by atoms with Gasteiger partial charge in [-0.2, -0.15) is 10.2 Å². The second-order valence-electron chi connectivity index (χ2n) is 7.06. The van der Waals surface area contributed by atoms with E-state index >= 15 is 0 Å². The van der Waals surface area contributed by atoms with Crippen molar-refractivity contribution in [1.82, 2.24) is 30.3 Å². The lowest BCUT2D eigenvalue weighted by molar-refractivity contribution is 0.0392. The summed E-state index contributed by atoms with van der Waals surface area (Å²) in [6, 6.07) is 0. The first-order chi connectivity index (χ1) is 12.0. The zero-order valence-electron chi connectivity index (χ0n) is 14.9. The van der Waals surface area contributed by atoms with Crippen LogP contribution in [0.3, 0.4) is 0 Å². The molecule has 25 heavy (non-hydrogen) atoms. The molecule has 134 valence electrons. The molecule has 0 radical (unpaired) electrons. The summed E-state index contributed by atoms with van der Waals surface area (Å²) in [5.41, 5.74) is 2.27. The third-order valence-electron chi connectivity index (χ3n) is 5.10. The van der Waals surface area contributed by atoms with Crippen LogP contribution in [0.5, 0.6) is 0 Å². The van der Waals surface area contributed by atoms with Crippen LogP contribution in [-0.2, 0) is 11.8 Å². The number of aromatic nitrogens is 5. The van der Waals surface area contributed by atoms with Gasteiger partial charge < -0.3 is 10.1 Å². The third kappa shape index (κ3) is 3.18. The number of carbonyl (C=O) groups excluding carboxylic acids is 1. The van der Waals surface area contributed by atoms with E-state index in [1.807, 2.05) is 20.9 Å². The van der Waals surface area contributed by atoms with Crippen LogP contribution >= 0.6 is 0 Å². The van der Waals surface area contributed by atoms with Crippen molar-refractivity contribution in [1.29, 1.82) is 0 Å². The average molecular weight is 344 g/mol. The second kappa shape index (κ2) is 6.25. The van der Waals surface area contributed by atoms with Crippen molar-refractivity contribution < 1.29 is 9.53 Å². The fraction of sp³-hybridized carbons (Fsp3) is 0.647. The SMILES string of the molecule is Cc1nn(C)c(C)c1C(=O)NC[C@H]1CC[C@@H](c2nc(C3CC3)n[nH]2)O1. The highest BCUT2D eigenvalue weighted by Crippen LogP contribution is 2.39. The van der Waals surface area contributed by atoms with Crippen molar-refractivity contribution in [3.8, 4) is 0 Å². The highest BCUT2D eigenvalue weighted by Gasteiger charge is 2.32. The van der Waals surface area contributed by atoms with E-state index in [2.05, 4.69) is 25.6 Å². The van der Waals surface area contributed by atoms with Crippen LogP contribution in [0.1, 0.15) is 71.1 Å². The van der Waals surface area contributed by atoms with Gasteiger partial charge in [0, 0.05) is 25.2 Å². The molecule has 0 aromatic carbocycles. The first-order valence-corrected chi connectivity index (χ1v) is 8.89. The van der Waals surface area contributed by atoms with Crippen LogP contribution in [0.4, 0.5) is 0 Å². The molecule has 1 saturated heterocycles. The molecule has 4 rings (SSSR count). The summed E-state index contributed by atoms with van der Waals surface area (Å²) in [6.07, 6.45) is 4.11. The van der Waals surface area contributed by atoms with Gasteiger partial charge in [0.25, 0.3) is 5.91 Å². The van der Waals surface area contributed by atoms with Crippen molar-refractivity contribution in [2.75, 3.05) is 6.54 Å². The van der Waals surface area contributed by atoms with Crippen LogP contribution in [0.2, 0.25) is 0 Å². The highest BCUT2D eigenvalue weighted by molar-refractivity contribution is 5.96. The Morgan fingerprint density at radius 2 is 2.12 bits per heavy atom. The zero-order valence-corrected chi connectivity index (χ0v) is 14.9. The van der Waals surface area contributed by atoms with Crippen LogP contribution in [0.25, 0.3) is 0 Å². The van der Waals surface area contributed by atoms with E-state index in [-0.39, 0.29) is 18.1 Å². The van der Waals surface area contributed by atoms with E-state index < -0.39 is 0 Å². The van der Waals surface area contributed by atoms with Crippen LogP contribution in [0.15, 0.2) is 0 Å². The summed E-state index contributed by atoms with van der Waals surface area (Å²) in [5, 5.41) is 14.6. The smallest absolute Gasteiger partial charge is 0.255 e. The predicted octanol–water partition coefficient (Wildman–Crippen LogP) is 1.68. The molecular weight excluding hydrogens is 320 g/mol. The standard InChI is InChI=1S/C17H24N6O2/c1-9-14(10(2)23(3)22-9)17(24)18-8-12-6-7-13(25-12)16-19-15(20-21-16)11-4-5-11/h11-13H,4-8H2,1-3H3,(H,18,24)(H,19,20,21)/t12-,13+/m1/s1. The van der Waals surface area contributed by atoms with Gasteiger partial charge >= 0.3 is 0 Å². The molecule has 1 aliphatic heterocycles. The first kappa shape index (κ1) is 16.3. The molecule has 0 spiro atoms. The molecule has 2 aromatic rings. The molecule has 0 unspecified atom stereocenters. The maximum absolute atomic E-state index is 12.4. The van der Waals surface area contributed by atoms with Gasteiger partial charge in [0.05, 0.1) is 17.4 Å². The monoisotopic (exact) mass is 344 g/mol. The van der Waals surface area contributed by atoms with Crippen molar-refractivity contribution in [2.24, 2.45) is 7.05 Å². The van der Waals surface area contributed by atoms with Crippen molar-refractivity contribution in [2.45, 2.75) is 57.7 Å². The normalized spacial score (nSPS) is 23.2. The summed E-state index contributed by atoms with van der Waals surface area (Å²) >= 11 is 0. The minimum atomic E-state index is -0.0918. The molecule has 1 amide bonds.